The van der Waals surface area contributed by atoms with E-state index >= 15 is 0 Å². The van der Waals surface area contributed by atoms with Gasteiger partial charge in [0.15, 0.2) is 0 Å². The summed E-state index contributed by atoms with van der Waals surface area (Å²) in [6.07, 6.45) is 0.196. The van der Waals surface area contributed by atoms with Gasteiger partial charge in [0.25, 0.3) is 0 Å². The van der Waals surface area contributed by atoms with Crippen LogP contribution < -0.4 is 15.8 Å². The number of carbonyl (C=O) groups is 1. The maximum Gasteiger partial charge on any atom is 0.225 e. The van der Waals surface area contributed by atoms with Gasteiger partial charge >= 0.3 is 0 Å². The first-order valence-corrected chi connectivity index (χ1v) is 7.68. The maximum absolute atomic E-state index is 11.9. The number of amides is 1. The predicted molar refractivity (Wildman–Crippen MR) is 83.4 cm³/mol. The molecule has 0 saturated carbocycles. The van der Waals surface area contributed by atoms with Crippen LogP contribution in [-0.2, 0) is 15.6 Å². The van der Waals surface area contributed by atoms with Crippen molar-refractivity contribution in [3.63, 3.8) is 0 Å². The molecule has 1 aromatic rings. The molecule has 112 valence electrons. The Kier molecular flexibility index (Phi) is 5.56. The van der Waals surface area contributed by atoms with Crippen molar-refractivity contribution < 1.29 is 13.7 Å². The van der Waals surface area contributed by atoms with Crippen LogP contribution >= 0.6 is 0 Å². The standard InChI is InChI=1S/C14H22N2O3S/c1-14(2,3)20(18)8-7-13(17)16-11-9-10(15)5-6-12(11)19-4/h5-6,9H,7-8,15H2,1-4H3,(H,16,17). The highest BCUT2D eigenvalue weighted by Gasteiger charge is 2.20. The number of benzene rings is 1. The van der Waals surface area contributed by atoms with E-state index in [-0.39, 0.29) is 17.1 Å². The molecule has 6 heteroatoms. The number of nitrogen functional groups attached to an aromatic ring is 1. The van der Waals surface area contributed by atoms with E-state index in [2.05, 4.69) is 5.32 Å². The van der Waals surface area contributed by atoms with Gasteiger partial charge in [0.2, 0.25) is 5.91 Å². The molecule has 5 nitrogen and oxygen atoms in total. The molecule has 1 unspecified atom stereocenters. The SMILES string of the molecule is COc1ccc(N)cc1NC(=O)CCS(=O)C(C)(C)C. The van der Waals surface area contributed by atoms with E-state index in [4.69, 9.17) is 10.5 Å². The fourth-order valence-electron chi connectivity index (χ4n) is 1.53. The van der Waals surface area contributed by atoms with E-state index in [9.17, 15) is 9.00 Å². The van der Waals surface area contributed by atoms with E-state index in [1.54, 1.807) is 18.2 Å². The smallest absolute Gasteiger partial charge is 0.225 e. The van der Waals surface area contributed by atoms with Crippen molar-refractivity contribution in [1.82, 2.24) is 0 Å². The first kappa shape index (κ1) is 16.5. The van der Waals surface area contributed by atoms with Crippen molar-refractivity contribution in [2.45, 2.75) is 31.9 Å². The number of rotatable bonds is 5. The van der Waals surface area contributed by atoms with Gasteiger partial charge in [-0.05, 0) is 39.0 Å². The Bertz CT molecular complexity index is 510. The largest absolute Gasteiger partial charge is 0.495 e. The van der Waals surface area contributed by atoms with Gasteiger partial charge < -0.3 is 15.8 Å². The van der Waals surface area contributed by atoms with Gasteiger partial charge in [-0.15, -0.1) is 0 Å². The summed E-state index contributed by atoms with van der Waals surface area (Å²) in [7, 11) is 0.479. The fraction of sp³-hybridized carbons (Fsp3) is 0.500. The second-order valence-electron chi connectivity index (χ2n) is 5.42. The lowest BCUT2D eigenvalue weighted by atomic mass is 10.2. The Labute approximate surface area is 122 Å². The zero-order valence-corrected chi connectivity index (χ0v) is 13.2. The van der Waals surface area contributed by atoms with Crippen molar-refractivity contribution in [3.8, 4) is 5.75 Å². The number of anilines is 2. The molecule has 0 aromatic heterocycles. The average molecular weight is 298 g/mol. The van der Waals surface area contributed by atoms with Gasteiger partial charge in [0.1, 0.15) is 5.75 Å². The fourth-order valence-corrected chi connectivity index (χ4v) is 2.51. The Hall–Kier alpha value is -1.56. The van der Waals surface area contributed by atoms with Crippen LogP contribution in [0.15, 0.2) is 18.2 Å². The zero-order valence-electron chi connectivity index (χ0n) is 12.4. The van der Waals surface area contributed by atoms with Crippen LogP contribution in [0, 0.1) is 0 Å². The molecule has 0 aliphatic heterocycles. The minimum Gasteiger partial charge on any atom is -0.495 e. The summed E-state index contributed by atoms with van der Waals surface area (Å²) < 4.78 is 16.7. The average Bonchev–Trinajstić information content (AvgIpc) is 2.35. The van der Waals surface area contributed by atoms with Crippen LogP contribution in [-0.4, -0.2) is 27.7 Å². The van der Waals surface area contributed by atoms with Crippen LogP contribution in [0.25, 0.3) is 0 Å². The van der Waals surface area contributed by atoms with Crippen LogP contribution in [0.1, 0.15) is 27.2 Å². The van der Waals surface area contributed by atoms with Crippen molar-refractivity contribution >= 4 is 28.1 Å². The normalized spacial score (nSPS) is 12.8. The molecule has 0 fully saturated rings. The van der Waals surface area contributed by atoms with Crippen LogP contribution in [0.3, 0.4) is 0 Å². The summed E-state index contributed by atoms with van der Waals surface area (Å²) in [5.74, 6) is 0.677. The summed E-state index contributed by atoms with van der Waals surface area (Å²) in [4.78, 5) is 11.9. The third-order valence-corrected chi connectivity index (χ3v) is 4.64. The molecule has 0 aliphatic carbocycles. The van der Waals surface area contributed by atoms with Gasteiger partial charge in [-0.1, -0.05) is 0 Å². The quantitative estimate of drug-likeness (QED) is 0.816. The first-order valence-electron chi connectivity index (χ1n) is 6.36. The van der Waals surface area contributed by atoms with Crippen LogP contribution in [0.5, 0.6) is 5.75 Å². The van der Waals surface area contributed by atoms with Crippen molar-refractivity contribution in [2.24, 2.45) is 0 Å². The molecule has 1 atom stereocenters. The molecular formula is C14H22N2O3S. The molecule has 0 aliphatic rings. The second kappa shape index (κ2) is 6.74. The van der Waals surface area contributed by atoms with E-state index < -0.39 is 10.8 Å². The van der Waals surface area contributed by atoms with Crippen molar-refractivity contribution in [2.75, 3.05) is 23.9 Å². The highest BCUT2D eigenvalue weighted by atomic mass is 32.2. The van der Waals surface area contributed by atoms with E-state index in [1.165, 1.54) is 7.11 Å². The van der Waals surface area contributed by atoms with Gasteiger partial charge in [-0.25, -0.2) is 0 Å². The number of hydrogen-bond acceptors (Lipinski definition) is 4. The van der Waals surface area contributed by atoms with Crippen molar-refractivity contribution in [3.05, 3.63) is 18.2 Å². The summed E-state index contributed by atoms with van der Waals surface area (Å²) in [5, 5.41) is 2.73. The predicted octanol–water partition coefficient (Wildman–Crippen LogP) is 2.15. The van der Waals surface area contributed by atoms with E-state index in [0.29, 0.717) is 22.9 Å². The number of nitrogens with two attached hydrogens (primary N) is 1. The minimum absolute atomic E-state index is 0.196. The molecule has 0 bridgehead atoms. The molecule has 0 heterocycles. The minimum atomic E-state index is -1.04. The molecule has 3 N–H and O–H groups in total. The van der Waals surface area contributed by atoms with Gasteiger partial charge in [0, 0.05) is 33.4 Å². The van der Waals surface area contributed by atoms with Gasteiger partial charge in [-0.2, -0.15) is 0 Å². The molecule has 1 rings (SSSR count). The monoisotopic (exact) mass is 298 g/mol. The van der Waals surface area contributed by atoms with E-state index in [1.807, 2.05) is 20.8 Å². The molecular weight excluding hydrogens is 276 g/mol. The molecule has 20 heavy (non-hydrogen) atoms. The van der Waals surface area contributed by atoms with Crippen molar-refractivity contribution in [1.29, 1.82) is 0 Å². The summed E-state index contributed by atoms with van der Waals surface area (Å²) in [6, 6.07) is 5.03. The molecule has 0 spiro atoms. The van der Waals surface area contributed by atoms with Crippen LogP contribution in [0.4, 0.5) is 11.4 Å². The molecule has 1 amide bonds. The summed E-state index contributed by atoms with van der Waals surface area (Å²) in [5.41, 5.74) is 6.75. The van der Waals surface area contributed by atoms with Crippen LogP contribution in [0.2, 0.25) is 0 Å². The Morgan fingerprint density at radius 1 is 1.40 bits per heavy atom. The molecule has 1 aromatic carbocycles. The summed E-state index contributed by atoms with van der Waals surface area (Å²) in [6.45, 7) is 5.67. The number of hydrogen-bond donors (Lipinski definition) is 2. The Morgan fingerprint density at radius 3 is 2.60 bits per heavy atom. The lowest BCUT2D eigenvalue weighted by molar-refractivity contribution is -0.115. The second-order valence-corrected chi connectivity index (χ2v) is 7.74. The first-order chi connectivity index (χ1) is 9.24. The number of carbonyl (C=O) groups excluding carboxylic acids is 1. The molecule has 0 saturated heterocycles. The lowest BCUT2D eigenvalue weighted by Gasteiger charge is -2.17. The van der Waals surface area contributed by atoms with Gasteiger partial charge in [-0.3, -0.25) is 9.00 Å². The highest BCUT2D eigenvalue weighted by molar-refractivity contribution is 7.86. The number of nitrogens with one attached hydrogen (secondary N) is 1. The number of ether oxygens (including phenoxy) is 1. The lowest BCUT2D eigenvalue weighted by Crippen LogP contribution is -2.26. The maximum atomic E-state index is 11.9. The topological polar surface area (TPSA) is 81.4 Å². The Balaban J connectivity index is 2.63. The zero-order chi connectivity index (χ0) is 15.3. The molecule has 0 radical (unpaired) electrons. The number of methoxy groups -OCH3 is 1. The third kappa shape index (κ3) is 4.85. The highest BCUT2D eigenvalue weighted by Crippen LogP contribution is 2.26. The summed E-state index contributed by atoms with van der Waals surface area (Å²) >= 11 is 0. The Morgan fingerprint density at radius 2 is 2.05 bits per heavy atom. The van der Waals surface area contributed by atoms with E-state index in [0.717, 1.165) is 0 Å². The van der Waals surface area contributed by atoms with Gasteiger partial charge in [0.05, 0.1) is 12.8 Å². The third-order valence-electron chi connectivity index (χ3n) is 2.70.